The lowest BCUT2D eigenvalue weighted by atomic mass is 10.3. The Labute approximate surface area is 145 Å². The molecule has 0 fully saturated rings. The van der Waals surface area contributed by atoms with Gasteiger partial charge in [0.05, 0.1) is 11.5 Å². The lowest BCUT2D eigenvalue weighted by molar-refractivity contribution is -0.140. The van der Waals surface area contributed by atoms with E-state index in [9.17, 15) is 13.2 Å². The molecule has 0 saturated carbocycles. The van der Waals surface area contributed by atoms with Crippen LogP contribution in [0.25, 0.3) is 11.1 Å². The van der Waals surface area contributed by atoms with Gasteiger partial charge < -0.3 is 9.15 Å². The quantitative estimate of drug-likeness (QED) is 0.399. The molecule has 2 aromatic rings. The summed E-state index contributed by atoms with van der Waals surface area (Å²) in [4.78, 5) is 15.9. The van der Waals surface area contributed by atoms with Crippen LogP contribution in [0.4, 0.5) is 0 Å². The van der Waals surface area contributed by atoms with Crippen molar-refractivity contribution < 1.29 is 22.4 Å². The second-order valence-corrected chi connectivity index (χ2v) is 8.34. The maximum Gasteiger partial charge on any atom is 0.316 e. The van der Waals surface area contributed by atoms with Gasteiger partial charge in [-0.1, -0.05) is 25.1 Å². The normalized spacial score (nSPS) is 12.0. The summed E-state index contributed by atoms with van der Waals surface area (Å²) in [6.07, 6.45) is 1.80. The first-order chi connectivity index (χ1) is 11.3. The van der Waals surface area contributed by atoms with E-state index >= 15 is 0 Å². The van der Waals surface area contributed by atoms with Gasteiger partial charge in [-0.2, -0.15) is 0 Å². The number of carbonyl (C=O) groups excluding carboxylic acids is 1. The van der Waals surface area contributed by atoms with Gasteiger partial charge in [0.15, 0.2) is 5.58 Å². The molecule has 24 heavy (non-hydrogen) atoms. The Morgan fingerprint density at radius 1 is 1.38 bits per heavy atom. The van der Waals surface area contributed by atoms with Crippen molar-refractivity contribution in [2.45, 2.75) is 29.9 Å². The third-order valence-electron chi connectivity index (χ3n) is 3.19. The number of ether oxygens (including phenoxy) is 1. The predicted molar refractivity (Wildman–Crippen MR) is 91.5 cm³/mol. The highest BCUT2D eigenvalue weighted by Gasteiger charge is 2.19. The molecule has 1 aromatic carbocycles. The lowest BCUT2D eigenvalue weighted by Gasteiger charge is -2.10. The predicted octanol–water partition coefficient (Wildman–Crippen LogP) is 2.51. The summed E-state index contributed by atoms with van der Waals surface area (Å²) in [6.45, 7) is 2.43. The Morgan fingerprint density at radius 3 is 2.79 bits per heavy atom. The Kier molecular flexibility index (Phi) is 6.25. The van der Waals surface area contributed by atoms with Crippen LogP contribution in [0.1, 0.15) is 19.8 Å². The summed E-state index contributed by atoms with van der Waals surface area (Å²) in [6, 6.07) is 4.48. The molecule has 0 radical (unpaired) electrons. The van der Waals surface area contributed by atoms with Crippen LogP contribution in [-0.4, -0.2) is 50.1 Å². The summed E-state index contributed by atoms with van der Waals surface area (Å²) >= 11 is 1.12. The summed E-state index contributed by atoms with van der Waals surface area (Å²) < 4.78 is 35.9. The van der Waals surface area contributed by atoms with Crippen LogP contribution in [0.2, 0.25) is 0 Å². The smallest absolute Gasteiger partial charge is 0.316 e. The number of nitrogens with zero attached hydrogens (tertiary/aromatic N) is 2. The number of thioether (sulfide) groups is 1. The average molecular weight is 372 g/mol. The molecular formula is C15H20N2O5S2. The van der Waals surface area contributed by atoms with Gasteiger partial charge in [-0.25, -0.2) is 17.7 Å². The molecule has 1 aromatic heterocycles. The third-order valence-corrected chi connectivity index (χ3v) is 5.81. The van der Waals surface area contributed by atoms with Gasteiger partial charge in [0.25, 0.3) is 5.22 Å². The molecule has 0 atom stereocenters. The summed E-state index contributed by atoms with van der Waals surface area (Å²) in [5, 5.41) is 0.303. The molecule has 0 unspecified atom stereocenters. The summed E-state index contributed by atoms with van der Waals surface area (Å²) in [5.74, 6) is -0.231. The average Bonchev–Trinajstić information content (AvgIpc) is 2.95. The van der Waals surface area contributed by atoms with Crippen molar-refractivity contribution >= 4 is 38.9 Å². The van der Waals surface area contributed by atoms with Gasteiger partial charge in [-0.3, -0.25) is 4.79 Å². The molecule has 0 aliphatic heterocycles. The fraction of sp³-hybridized carbons (Fsp3) is 0.467. The van der Waals surface area contributed by atoms with E-state index in [-0.39, 0.29) is 16.6 Å². The molecular weight excluding hydrogens is 352 g/mol. The highest BCUT2D eigenvalue weighted by Crippen LogP contribution is 2.26. The fourth-order valence-corrected chi connectivity index (χ4v) is 3.37. The van der Waals surface area contributed by atoms with Crippen molar-refractivity contribution in [1.82, 2.24) is 9.29 Å². The summed E-state index contributed by atoms with van der Waals surface area (Å²) in [5.41, 5.74) is 0.898. The minimum absolute atomic E-state index is 0.0966. The summed E-state index contributed by atoms with van der Waals surface area (Å²) in [7, 11) is -0.595. The maximum absolute atomic E-state index is 12.1. The third kappa shape index (κ3) is 4.49. The Hall–Kier alpha value is -1.58. The van der Waals surface area contributed by atoms with Gasteiger partial charge in [-0.15, -0.1) is 0 Å². The van der Waals surface area contributed by atoms with Crippen molar-refractivity contribution in [3.05, 3.63) is 18.2 Å². The molecule has 1 heterocycles. The number of carbonyl (C=O) groups is 1. The van der Waals surface area contributed by atoms with Gasteiger partial charge in [0.2, 0.25) is 10.0 Å². The SMILES string of the molecule is CCCCOC(=O)CSc1nc2cc(S(=O)(=O)N(C)C)ccc2o1. The van der Waals surface area contributed by atoms with E-state index in [1.165, 1.54) is 26.2 Å². The molecule has 0 amide bonds. The van der Waals surface area contributed by atoms with Crippen LogP contribution < -0.4 is 0 Å². The van der Waals surface area contributed by atoms with Crippen LogP contribution >= 0.6 is 11.8 Å². The first-order valence-electron chi connectivity index (χ1n) is 7.46. The lowest BCUT2D eigenvalue weighted by Crippen LogP contribution is -2.22. The van der Waals surface area contributed by atoms with Gasteiger partial charge in [0.1, 0.15) is 11.3 Å². The molecule has 0 spiro atoms. The highest BCUT2D eigenvalue weighted by atomic mass is 32.2. The van der Waals surface area contributed by atoms with Crippen LogP contribution in [0, 0.1) is 0 Å². The van der Waals surface area contributed by atoms with Crippen molar-refractivity contribution in [1.29, 1.82) is 0 Å². The molecule has 0 bridgehead atoms. The van der Waals surface area contributed by atoms with Gasteiger partial charge in [0, 0.05) is 14.1 Å². The minimum atomic E-state index is -3.53. The second kappa shape index (κ2) is 8.00. The van der Waals surface area contributed by atoms with Crippen molar-refractivity contribution in [3.8, 4) is 0 Å². The number of hydrogen-bond acceptors (Lipinski definition) is 7. The second-order valence-electron chi connectivity index (χ2n) is 5.26. The van der Waals surface area contributed by atoms with Crippen LogP contribution in [0.15, 0.2) is 32.7 Å². The van der Waals surface area contributed by atoms with E-state index in [4.69, 9.17) is 9.15 Å². The highest BCUT2D eigenvalue weighted by molar-refractivity contribution is 7.99. The first-order valence-corrected chi connectivity index (χ1v) is 9.88. The molecule has 132 valence electrons. The molecule has 7 nitrogen and oxygen atoms in total. The number of fused-ring (bicyclic) bond motifs is 1. The van der Waals surface area contributed by atoms with Crippen molar-refractivity contribution in [2.24, 2.45) is 0 Å². The molecule has 0 saturated heterocycles. The number of oxazole rings is 1. The van der Waals surface area contributed by atoms with Crippen LogP contribution in [0.5, 0.6) is 0 Å². The van der Waals surface area contributed by atoms with Crippen molar-refractivity contribution in [3.63, 3.8) is 0 Å². The molecule has 0 N–H and O–H groups in total. The molecule has 0 aliphatic carbocycles. The Morgan fingerprint density at radius 2 is 2.12 bits per heavy atom. The number of benzene rings is 1. The topological polar surface area (TPSA) is 89.7 Å². The van der Waals surface area contributed by atoms with E-state index < -0.39 is 10.0 Å². The number of hydrogen-bond donors (Lipinski definition) is 0. The molecule has 2 rings (SSSR count). The fourth-order valence-electron chi connectivity index (χ4n) is 1.81. The van der Waals surface area contributed by atoms with E-state index in [0.717, 1.165) is 28.9 Å². The maximum atomic E-state index is 12.1. The number of esters is 1. The van der Waals surface area contributed by atoms with Gasteiger partial charge in [-0.05, 0) is 24.6 Å². The first kappa shape index (κ1) is 18.8. The largest absolute Gasteiger partial charge is 0.465 e. The number of unbranched alkanes of at least 4 members (excludes halogenated alkanes) is 1. The number of aromatic nitrogens is 1. The van der Waals surface area contributed by atoms with Crippen molar-refractivity contribution in [2.75, 3.05) is 26.5 Å². The zero-order valence-electron chi connectivity index (χ0n) is 13.8. The van der Waals surface area contributed by atoms with E-state index in [1.807, 2.05) is 6.92 Å². The molecule has 0 aliphatic rings. The zero-order chi connectivity index (χ0) is 17.7. The molecule has 9 heteroatoms. The Balaban J connectivity index is 2.08. The van der Waals surface area contributed by atoms with E-state index in [1.54, 1.807) is 6.07 Å². The Bertz CT molecular complexity index is 814. The standard InChI is InChI=1S/C15H20N2O5S2/c1-4-5-8-21-14(18)10-23-15-16-12-9-11(6-7-13(12)22-15)24(19,20)17(2)3/h6-7,9H,4-5,8,10H2,1-3H3. The number of sulfonamides is 1. The number of rotatable bonds is 8. The van der Waals surface area contributed by atoms with Gasteiger partial charge >= 0.3 is 5.97 Å². The monoisotopic (exact) mass is 372 g/mol. The van der Waals surface area contributed by atoms with Crippen LogP contribution in [-0.2, 0) is 19.6 Å². The minimum Gasteiger partial charge on any atom is -0.465 e. The zero-order valence-corrected chi connectivity index (χ0v) is 15.4. The van der Waals surface area contributed by atoms with E-state index in [2.05, 4.69) is 4.98 Å². The van der Waals surface area contributed by atoms with E-state index in [0.29, 0.717) is 22.9 Å². The van der Waals surface area contributed by atoms with Crippen LogP contribution in [0.3, 0.4) is 0 Å².